The van der Waals surface area contributed by atoms with Gasteiger partial charge in [0, 0.05) is 28.5 Å². The van der Waals surface area contributed by atoms with E-state index < -0.39 is 37.2 Å². The molecule has 0 aromatic rings. The van der Waals surface area contributed by atoms with Crippen molar-refractivity contribution in [3.8, 4) is 0 Å². The fraction of sp³-hybridized carbons (Fsp3) is 1.00. The Bertz CT molecular complexity index is 312. The van der Waals surface area contributed by atoms with Gasteiger partial charge in [-0.05, 0) is 0 Å². The molecule has 0 aliphatic heterocycles. The molecule has 0 aromatic heterocycles. The normalized spacial score (nSPS) is 50.2. The maximum absolute atomic E-state index is 6.45. The van der Waals surface area contributed by atoms with Crippen molar-refractivity contribution in [3.05, 3.63) is 0 Å². The molecular formula is C10H10Cl8. The summed E-state index contributed by atoms with van der Waals surface area (Å²) in [5.41, 5.74) is -1.53. The summed E-state index contributed by atoms with van der Waals surface area (Å²) in [6.45, 7) is 0. The van der Waals surface area contributed by atoms with E-state index in [9.17, 15) is 0 Å². The monoisotopic (exact) mass is 410 g/mol. The molecule has 8 heteroatoms. The number of rotatable bonds is 3. The van der Waals surface area contributed by atoms with Crippen LogP contribution < -0.4 is 0 Å². The molecule has 18 heavy (non-hydrogen) atoms. The van der Waals surface area contributed by atoms with Crippen LogP contribution in [0.5, 0.6) is 0 Å². The third kappa shape index (κ3) is 1.67. The number of hydrogen-bond acceptors (Lipinski definition) is 0. The molecule has 0 heterocycles. The first-order valence-corrected chi connectivity index (χ1v) is 8.98. The molecule has 0 nitrogen and oxygen atoms in total. The van der Waals surface area contributed by atoms with Gasteiger partial charge in [-0.25, -0.2) is 0 Å². The Balaban J connectivity index is 2.66. The Morgan fingerprint density at radius 1 is 0.833 bits per heavy atom. The third-order valence-corrected chi connectivity index (χ3v) is 8.74. The summed E-state index contributed by atoms with van der Waals surface area (Å²) in [5, 5.41) is -1.83. The molecular weight excluding hydrogens is 404 g/mol. The minimum absolute atomic E-state index is 0.208. The van der Waals surface area contributed by atoms with E-state index in [1.54, 1.807) is 0 Å². The molecule has 2 bridgehead atoms. The summed E-state index contributed by atoms with van der Waals surface area (Å²) < 4.78 is 0. The minimum atomic E-state index is -0.883. The standard InChI is InChI=1S/C10H10Cl8/c11-1-9(2-12)3-4(13)6(15)10(9,8(17)18)7(16)5(3)14/h3-8H,1-2H2/t3?,4-,5-,6+,7+,10?/m0/s1. The van der Waals surface area contributed by atoms with Gasteiger partial charge >= 0.3 is 0 Å². The van der Waals surface area contributed by atoms with Crippen LogP contribution in [0.4, 0.5) is 0 Å². The molecule has 4 atom stereocenters. The molecule has 2 saturated carbocycles. The highest BCUT2D eigenvalue weighted by molar-refractivity contribution is 6.47. The lowest BCUT2D eigenvalue weighted by Crippen LogP contribution is -2.54. The van der Waals surface area contributed by atoms with Gasteiger partial charge in [0.05, 0.1) is 21.5 Å². The first kappa shape index (κ1) is 16.7. The van der Waals surface area contributed by atoms with E-state index in [1.807, 2.05) is 0 Å². The average Bonchev–Trinajstić information content (AvgIpc) is 2.66. The number of halogens is 8. The number of fused-ring (bicyclic) bond motifs is 2. The molecule has 0 N–H and O–H groups in total. The van der Waals surface area contributed by atoms with E-state index in [4.69, 9.17) is 92.8 Å². The summed E-state index contributed by atoms with van der Waals surface area (Å²) in [5.74, 6) is 0.229. The molecule has 2 rings (SSSR count). The van der Waals surface area contributed by atoms with E-state index in [0.29, 0.717) is 0 Å². The first-order valence-electron chi connectivity index (χ1n) is 5.29. The van der Waals surface area contributed by atoms with Crippen LogP contribution in [0.25, 0.3) is 0 Å². The predicted octanol–water partition coefficient (Wildman–Crippen LogP) is 5.31. The van der Waals surface area contributed by atoms with E-state index in [1.165, 1.54) is 0 Å². The van der Waals surface area contributed by atoms with Gasteiger partial charge in [0.25, 0.3) is 0 Å². The topological polar surface area (TPSA) is 0 Å². The zero-order chi connectivity index (χ0) is 13.9. The summed E-state index contributed by atoms with van der Waals surface area (Å²) in [6, 6.07) is 0. The Morgan fingerprint density at radius 2 is 1.22 bits per heavy atom. The fourth-order valence-electron chi connectivity index (χ4n) is 3.57. The first-order chi connectivity index (χ1) is 8.32. The second kappa shape index (κ2) is 5.51. The quantitative estimate of drug-likeness (QED) is 0.550. The van der Waals surface area contributed by atoms with Gasteiger partial charge in [0.15, 0.2) is 0 Å². The van der Waals surface area contributed by atoms with Crippen LogP contribution in [0.1, 0.15) is 0 Å². The van der Waals surface area contributed by atoms with Crippen molar-refractivity contribution in [1.29, 1.82) is 0 Å². The van der Waals surface area contributed by atoms with E-state index in [2.05, 4.69) is 0 Å². The second-order valence-electron chi connectivity index (χ2n) is 4.88. The smallest absolute Gasteiger partial charge is 0.117 e. The Morgan fingerprint density at radius 3 is 1.44 bits per heavy atom. The Labute approximate surface area is 146 Å². The lowest BCUT2D eigenvalue weighted by molar-refractivity contribution is 0.159. The van der Waals surface area contributed by atoms with Crippen molar-refractivity contribution in [2.45, 2.75) is 26.3 Å². The molecule has 2 aliphatic carbocycles. The molecule has 0 unspecified atom stereocenters. The Kier molecular flexibility index (Phi) is 5.10. The highest BCUT2D eigenvalue weighted by Crippen LogP contribution is 2.74. The van der Waals surface area contributed by atoms with Crippen LogP contribution in [0.15, 0.2) is 0 Å². The minimum Gasteiger partial charge on any atom is -0.126 e. The van der Waals surface area contributed by atoms with Gasteiger partial charge in [-0.15, -0.1) is 92.8 Å². The molecule has 0 radical (unpaired) electrons. The van der Waals surface area contributed by atoms with Crippen LogP contribution in [-0.4, -0.2) is 38.1 Å². The highest BCUT2D eigenvalue weighted by Gasteiger charge is 2.80. The molecule has 2 aliphatic rings. The summed E-state index contributed by atoms with van der Waals surface area (Å²) in [4.78, 5) is -0.838. The van der Waals surface area contributed by atoms with Crippen LogP contribution in [-0.2, 0) is 0 Å². The summed E-state index contributed by atoms with van der Waals surface area (Å²) in [7, 11) is 0. The predicted molar refractivity (Wildman–Crippen MR) is 83.9 cm³/mol. The highest BCUT2D eigenvalue weighted by atomic mass is 35.5. The van der Waals surface area contributed by atoms with Gasteiger partial charge in [-0.3, -0.25) is 0 Å². The van der Waals surface area contributed by atoms with Gasteiger partial charge in [0.2, 0.25) is 0 Å². The zero-order valence-corrected chi connectivity index (χ0v) is 14.9. The maximum atomic E-state index is 6.45. The average molecular weight is 414 g/mol. The van der Waals surface area contributed by atoms with Gasteiger partial charge in [-0.2, -0.15) is 0 Å². The molecule has 2 fully saturated rings. The van der Waals surface area contributed by atoms with Crippen LogP contribution in [0.3, 0.4) is 0 Å². The third-order valence-electron chi connectivity index (χ3n) is 4.50. The van der Waals surface area contributed by atoms with Crippen molar-refractivity contribution in [2.24, 2.45) is 16.7 Å². The molecule has 0 aromatic carbocycles. The largest absolute Gasteiger partial charge is 0.126 e. The number of hydrogen-bond donors (Lipinski definition) is 0. The lowest BCUT2D eigenvalue weighted by Gasteiger charge is -2.45. The van der Waals surface area contributed by atoms with Crippen molar-refractivity contribution >= 4 is 92.8 Å². The maximum Gasteiger partial charge on any atom is 0.117 e. The SMILES string of the molecule is ClCC1(CCl)C2[C@H](Cl)[C@@H](Cl)C1(C(Cl)Cl)[C@H](Cl)[C@H]2Cl. The zero-order valence-electron chi connectivity index (χ0n) is 8.90. The fourth-order valence-corrected chi connectivity index (χ4v) is 8.53. The van der Waals surface area contributed by atoms with Crippen LogP contribution in [0.2, 0.25) is 0 Å². The van der Waals surface area contributed by atoms with E-state index >= 15 is 0 Å². The summed E-state index contributed by atoms with van der Waals surface area (Å²) >= 11 is 50.4. The number of alkyl halides is 8. The van der Waals surface area contributed by atoms with E-state index in [-0.39, 0.29) is 17.7 Å². The molecule has 0 spiro atoms. The van der Waals surface area contributed by atoms with Crippen molar-refractivity contribution in [1.82, 2.24) is 0 Å². The van der Waals surface area contributed by atoms with Gasteiger partial charge in [-0.1, -0.05) is 0 Å². The van der Waals surface area contributed by atoms with Crippen LogP contribution >= 0.6 is 92.8 Å². The van der Waals surface area contributed by atoms with Crippen molar-refractivity contribution in [3.63, 3.8) is 0 Å². The van der Waals surface area contributed by atoms with Gasteiger partial charge in [0.1, 0.15) is 4.84 Å². The molecule has 106 valence electrons. The summed E-state index contributed by atoms with van der Waals surface area (Å²) in [6.07, 6.45) is 0. The molecule has 0 amide bonds. The Hall–Kier alpha value is 2.32. The van der Waals surface area contributed by atoms with Crippen LogP contribution in [0, 0.1) is 16.7 Å². The molecule has 0 saturated heterocycles. The van der Waals surface area contributed by atoms with Gasteiger partial charge < -0.3 is 0 Å². The van der Waals surface area contributed by atoms with Crippen molar-refractivity contribution in [2.75, 3.05) is 11.8 Å². The van der Waals surface area contributed by atoms with E-state index in [0.717, 1.165) is 0 Å². The lowest BCUT2D eigenvalue weighted by atomic mass is 9.70. The van der Waals surface area contributed by atoms with Crippen molar-refractivity contribution < 1.29 is 0 Å². The second-order valence-corrected chi connectivity index (χ2v) is 8.45.